The van der Waals surface area contributed by atoms with Crippen LogP contribution in [0.4, 0.5) is 4.39 Å². The Morgan fingerprint density at radius 2 is 2.00 bits per heavy atom. The lowest BCUT2D eigenvalue weighted by Gasteiger charge is -2.16. The van der Waals surface area contributed by atoms with E-state index in [4.69, 9.17) is 9.26 Å². The van der Waals surface area contributed by atoms with Gasteiger partial charge in [0, 0.05) is 28.9 Å². The number of aromatic nitrogens is 2. The van der Waals surface area contributed by atoms with Crippen LogP contribution in [0.2, 0.25) is 0 Å². The summed E-state index contributed by atoms with van der Waals surface area (Å²) in [6.45, 7) is 5.53. The first-order valence-electron chi connectivity index (χ1n) is 9.29. The summed E-state index contributed by atoms with van der Waals surface area (Å²) in [6.07, 6.45) is -0.0110. The second-order valence-corrected chi connectivity index (χ2v) is 6.84. The summed E-state index contributed by atoms with van der Waals surface area (Å²) in [5.41, 5.74) is 2.88. The zero-order valence-electron chi connectivity index (χ0n) is 16.2. The predicted octanol–water partition coefficient (Wildman–Crippen LogP) is 3.74. The summed E-state index contributed by atoms with van der Waals surface area (Å²) in [5, 5.41) is 3.78. The average Bonchev–Trinajstić information content (AvgIpc) is 3.31. The molecule has 0 fully saturated rings. The van der Waals surface area contributed by atoms with E-state index in [0.29, 0.717) is 22.4 Å². The van der Waals surface area contributed by atoms with Gasteiger partial charge in [-0.25, -0.2) is 4.39 Å². The SMILES string of the molecule is C=C1c2ccccc2C(=O)N1CCC(=O)OCc1nc(-c2ccc(C)c(F)c2)no1. The van der Waals surface area contributed by atoms with E-state index in [9.17, 15) is 14.0 Å². The molecule has 0 N–H and O–H groups in total. The number of ether oxygens (including phenoxy) is 1. The molecular weight excluding hydrogens is 389 g/mol. The molecule has 8 heteroatoms. The quantitative estimate of drug-likeness (QED) is 0.579. The smallest absolute Gasteiger partial charge is 0.308 e. The summed E-state index contributed by atoms with van der Waals surface area (Å²) in [5.74, 6) is -0.779. The Kier molecular flexibility index (Phi) is 5.14. The Bertz CT molecular complexity index is 1120. The first-order valence-corrected chi connectivity index (χ1v) is 9.29. The van der Waals surface area contributed by atoms with Crippen molar-refractivity contribution in [1.82, 2.24) is 15.0 Å². The van der Waals surface area contributed by atoms with Gasteiger partial charge in [0.15, 0.2) is 6.61 Å². The number of carbonyl (C=O) groups excluding carboxylic acids is 2. The van der Waals surface area contributed by atoms with Crippen LogP contribution in [-0.4, -0.2) is 33.5 Å². The molecule has 4 rings (SSSR count). The van der Waals surface area contributed by atoms with E-state index in [0.717, 1.165) is 5.56 Å². The average molecular weight is 407 g/mol. The van der Waals surface area contributed by atoms with E-state index in [-0.39, 0.29) is 43.0 Å². The standard InChI is InChI=1S/C22H18FN3O4/c1-13-7-8-15(11-18(13)23)21-24-19(30-25-21)12-29-20(27)9-10-26-14(2)16-5-3-4-6-17(16)22(26)28/h3-8,11H,2,9-10,12H2,1H3. The van der Waals surface area contributed by atoms with Crippen molar-refractivity contribution in [2.24, 2.45) is 0 Å². The van der Waals surface area contributed by atoms with Crippen LogP contribution in [0.3, 0.4) is 0 Å². The molecule has 0 spiro atoms. The number of benzene rings is 2. The molecule has 30 heavy (non-hydrogen) atoms. The van der Waals surface area contributed by atoms with E-state index in [1.807, 2.05) is 12.1 Å². The van der Waals surface area contributed by atoms with Crippen molar-refractivity contribution in [2.45, 2.75) is 20.0 Å². The van der Waals surface area contributed by atoms with E-state index in [1.165, 1.54) is 11.0 Å². The predicted molar refractivity (Wildman–Crippen MR) is 105 cm³/mol. The Hall–Kier alpha value is -3.81. The van der Waals surface area contributed by atoms with Crippen molar-refractivity contribution in [2.75, 3.05) is 6.54 Å². The second kappa shape index (κ2) is 7.90. The number of halogens is 1. The third-order valence-corrected chi connectivity index (χ3v) is 4.83. The van der Waals surface area contributed by atoms with Gasteiger partial charge < -0.3 is 14.2 Å². The molecule has 7 nitrogen and oxygen atoms in total. The molecule has 0 radical (unpaired) electrons. The van der Waals surface area contributed by atoms with Crippen LogP contribution in [0.5, 0.6) is 0 Å². The normalized spacial score (nSPS) is 12.9. The topological polar surface area (TPSA) is 85.5 Å². The lowest BCUT2D eigenvalue weighted by atomic mass is 10.1. The molecular formula is C22H18FN3O4. The summed E-state index contributed by atoms with van der Waals surface area (Å²) in [4.78, 5) is 30.1. The van der Waals surface area contributed by atoms with Crippen molar-refractivity contribution >= 4 is 17.6 Å². The molecule has 1 aromatic heterocycles. The number of fused-ring (bicyclic) bond motifs is 1. The zero-order chi connectivity index (χ0) is 21.3. The lowest BCUT2D eigenvalue weighted by Crippen LogP contribution is -2.26. The fraction of sp³-hybridized carbons (Fsp3) is 0.182. The van der Waals surface area contributed by atoms with Gasteiger partial charge in [0.05, 0.1) is 6.42 Å². The molecule has 0 aliphatic carbocycles. The summed E-state index contributed by atoms with van der Waals surface area (Å²) < 4.78 is 23.9. The number of carbonyl (C=O) groups is 2. The zero-order valence-corrected chi connectivity index (χ0v) is 16.2. The van der Waals surface area contributed by atoms with Crippen LogP contribution in [0, 0.1) is 12.7 Å². The van der Waals surface area contributed by atoms with Crippen LogP contribution >= 0.6 is 0 Å². The maximum absolute atomic E-state index is 13.7. The van der Waals surface area contributed by atoms with Crippen molar-refractivity contribution in [1.29, 1.82) is 0 Å². The minimum absolute atomic E-state index is 0.0110. The van der Waals surface area contributed by atoms with Gasteiger partial charge in [-0.3, -0.25) is 9.59 Å². The highest BCUT2D eigenvalue weighted by atomic mass is 19.1. The second-order valence-electron chi connectivity index (χ2n) is 6.84. The highest BCUT2D eigenvalue weighted by Crippen LogP contribution is 2.31. The van der Waals surface area contributed by atoms with Crippen molar-refractivity contribution < 1.29 is 23.2 Å². The van der Waals surface area contributed by atoms with Crippen LogP contribution in [-0.2, 0) is 16.1 Å². The first-order chi connectivity index (χ1) is 14.4. The molecule has 1 amide bonds. The number of aryl methyl sites for hydroxylation is 1. The number of hydrogen-bond donors (Lipinski definition) is 0. The molecule has 152 valence electrons. The van der Waals surface area contributed by atoms with Gasteiger partial charge in [-0.05, 0) is 24.6 Å². The van der Waals surface area contributed by atoms with E-state index >= 15 is 0 Å². The first kappa shape index (κ1) is 19.5. The van der Waals surface area contributed by atoms with Gasteiger partial charge in [-0.15, -0.1) is 0 Å². The molecule has 1 aliphatic heterocycles. The Morgan fingerprint density at radius 3 is 2.73 bits per heavy atom. The molecule has 3 aromatic rings. The van der Waals surface area contributed by atoms with Gasteiger partial charge in [0.2, 0.25) is 5.82 Å². The van der Waals surface area contributed by atoms with Crippen molar-refractivity contribution in [3.8, 4) is 11.4 Å². The Balaban J connectivity index is 1.31. The monoisotopic (exact) mass is 407 g/mol. The Morgan fingerprint density at radius 1 is 1.23 bits per heavy atom. The largest absolute Gasteiger partial charge is 0.456 e. The molecule has 0 bridgehead atoms. The summed E-state index contributed by atoms with van der Waals surface area (Å²) in [7, 11) is 0. The third kappa shape index (κ3) is 3.71. The Labute approximate surface area is 171 Å². The van der Waals surface area contributed by atoms with Crippen LogP contribution in [0.25, 0.3) is 17.1 Å². The van der Waals surface area contributed by atoms with Crippen molar-refractivity contribution in [3.63, 3.8) is 0 Å². The van der Waals surface area contributed by atoms with E-state index in [2.05, 4.69) is 16.7 Å². The molecule has 2 heterocycles. The molecule has 0 saturated carbocycles. The van der Waals surface area contributed by atoms with Gasteiger partial charge in [0.1, 0.15) is 5.82 Å². The maximum atomic E-state index is 13.7. The lowest BCUT2D eigenvalue weighted by molar-refractivity contribution is -0.145. The molecule has 1 aliphatic rings. The fourth-order valence-electron chi connectivity index (χ4n) is 3.15. The van der Waals surface area contributed by atoms with Gasteiger partial charge in [0.25, 0.3) is 11.8 Å². The van der Waals surface area contributed by atoms with Crippen LogP contribution in [0.1, 0.15) is 33.8 Å². The maximum Gasteiger partial charge on any atom is 0.308 e. The number of nitrogens with zero attached hydrogens (tertiary/aromatic N) is 3. The molecule has 2 aromatic carbocycles. The van der Waals surface area contributed by atoms with Gasteiger partial charge in [-0.2, -0.15) is 4.98 Å². The molecule has 0 atom stereocenters. The van der Waals surface area contributed by atoms with Gasteiger partial charge >= 0.3 is 5.97 Å². The fourth-order valence-corrected chi connectivity index (χ4v) is 3.15. The van der Waals surface area contributed by atoms with Crippen molar-refractivity contribution in [3.05, 3.63) is 77.4 Å². The number of amides is 1. The van der Waals surface area contributed by atoms with E-state index < -0.39 is 5.97 Å². The van der Waals surface area contributed by atoms with Gasteiger partial charge in [-0.1, -0.05) is 42.1 Å². The molecule has 0 saturated heterocycles. The molecule has 0 unspecified atom stereocenters. The minimum atomic E-state index is -0.521. The number of esters is 1. The summed E-state index contributed by atoms with van der Waals surface area (Å²) in [6, 6.07) is 11.8. The van der Waals surface area contributed by atoms with Crippen LogP contribution in [0.15, 0.2) is 53.6 Å². The van der Waals surface area contributed by atoms with E-state index in [1.54, 1.807) is 31.2 Å². The van der Waals surface area contributed by atoms with Crippen LogP contribution < -0.4 is 0 Å². The third-order valence-electron chi connectivity index (χ3n) is 4.83. The number of hydrogen-bond acceptors (Lipinski definition) is 6. The highest BCUT2D eigenvalue weighted by molar-refractivity contribution is 6.08. The number of rotatable bonds is 6. The minimum Gasteiger partial charge on any atom is -0.456 e. The summed E-state index contributed by atoms with van der Waals surface area (Å²) >= 11 is 0. The highest BCUT2D eigenvalue weighted by Gasteiger charge is 2.30.